The smallest absolute Gasteiger partial charge is 0.135 e. The van der Waals surface area contributed by atoms with Crippen molar-refractivity contribution in [3.63, 3.8) is 0 Å². The van der Waals surface area contributed by atoms with Crippen molar-refractivity contribution in [2.75, 3.05) is 4.90 Å². The molecule has 0 saturated carbocycles. The lowest BCUT2D eigenvalue weighted by Gasteiger charge is -2.35. The van der Waals surface area contributed by atoms with Gasteiger partial charge in [-0.25, -0.2) is 0 Å². The molecule has 14 rings (SSSR count). The van der Waals surface area contributed by atoms with Crippen LogP contribution in [0.4, 0.5) is 17.1 Å². The van der Waals surface area contributed by atoms with E-state index in [1.807, 2.05) is 12.1 Å². The summed E-state index contributed by atoms with van der Waals surface area (Å²) in [5.41, 5.74) is 24.5. The fourth-order valence-electron chi connectivity index (χ4n) is 11.7. The van der Waals surface area contributed by atoms with Gasteiger partial charge < -0.3 is 9.32 Å². The van der Waals surface area contributed by atoms with E-state index in [9.17, 15) is 0 Å². The summed E-state index contributed by atoms with van der Waals surface area (Å²) in [6, 6.07) is 95.8. The van der Waals surface area contributed by atoms with E-state index in [-0.39, 0.29) is 0 Å². The molecule has 69 heavy (non-hydrogen) atoms. The molecule has 0 aliphatic heterocycles. The highest BCUT2D eigenvalue weighted by atomic mass is 16.3. The first-order valence-corrected chi connectivity index (χ1v) is 23.8. The lowest BCUT2D eigenvalue weighted by Crippen LogP contribution is -2.29. The molecule has 2 aliphatic carbocycles. The summed E-state index contributed by atoms with van der Waals surface area (Å²) in [5.74, 6) is 0. The van der Waals surface area contributed by atoms with E-state index in [0.29, 0.717) is 0 Å². The molecule has 2 nitrogen and oxygen atoms in total. The number of fused-ring (bicyclic) bond motifs is 15. The first-order valence-electron chi connectivity index (χ1n) is 23.8. The summed E-state index contributed by atoms with van der Waals surface area (Å²) in [5, 5.41) is 2.26. The Hall–Kier alpha value is -8.98. The normalized spacial score (nSPS) is 12.8. The van der Waals surface area contributed by atoms with Crippen molar-refractivity contribution in [3.05, 3.63) is 283 Å². The molecule has 0 unspecified atom stereocenters. The molecule has 0 radical (unpaired) electrons. The van der Waals surface area contributed by atoms with Crippen LogP contribution in [0.15, 0.2) is 265 Å². The van der Waals surface area contributed by atoms with Gasteiger partial charge in [-0.05, 0) is 144 Å². The summed E-state index contributed by atoms with van der Waals surface area (Å²) >= 11 is 0. The molecule has 1 heterocycles. The van der Waals surface area contributed by atoms with Crippen molar-refractivity contribution < 1.29 is 4.42 Å². The first kappa shape index (κ1) is 39.2. The molecule has 12 aromatic rings. The number of anilines is 3. The number of furan rings is 1. The molecular formula is C67H43NO. The lowest BCUT2D eigenvalue weighted by molar-refractivity contribution is 0.669. The van der Waals surface area contributed by atoms with Gasteiger partial charge in [0.25, 0.3) is 0 Å². The highest BCUT2D eigenvalue weighted by Crippen LogP contribution is 2.62. The van der Waals surface area contributed by atoms with Gasteiger partial charge >= 0.3 is 0 Å². The monoisotopic (exact) mass is 877 g/mol. The van der Waals surface area contributed by atoms with E-state index >= 15 is 0 Å². The van der Waals surface area contributed by atoms with E-state index in [1.54, 1.807) is 0 Å². The Labute approximate surface area is 401 Å². The van der Waals surface area contributed by atoms with Gasteiger partial charge in [0, 0.05) is 27.8 Å². The zero-order valence-electron chi connectivity index (χ0n) is 37.7. The van der Waals surface area contributed by atoms with Gasteiger partial charge in [0.2, 0.25) is 0 Å². The van der Waals surface area contributed by atoms with E-state index < -0.39 is 5.41 Å². The highest BCUT2D eigenvalue weighted by molar-refractivity contribution is 6.06. The minimum absolute atomic E-state index is 0.546. The summed E-state index contributed by atoms with van der Waals surface area (Å²) in [4.78, 5) is 2.39. The van der Waals surface area contributed by atoms with E-state index in [1.165, 1.54) is 72.3 Å². The standard InChI is InChI=1S/C67H43NO/c1-2-16-44(17-3-1)45-32-37-49(38-33-45)68(50-39-34-46(35-40-50)47-36-41-65-59(43-47)57-24-9-13-31-64(57)69-65)51-19-14-18-48(42-51)52-26-15-30-63-66(52)58-25-8-12-29-62(58)67(63)60-27-10-6-22-55(60)53-20-4-5-21-54(53)56-23-7-11-28-61(56)67/h1-43H. The van der Waals surface area contributed by atoms with Gasteiger partial charge in [-0.2, -0.15) is 0 Å². The van der Waals surface area contributed by atoms with Crippen molar-refractivity contribution in [3.8, 4) is 66.8 Å². The van der Waals surface area contributed by atoms with Crippen LogP contribution in [-0.2, 0) is 5.41 Å². The Morgan fingerprint density at radius 2 is 0.725 bits per heavy atom. The van der Waals surface area contributed by atoms with Crippen molar-refractivity contribution in [2.45, 2.75) is 5.41 Å². The summed E-state index contributed by atoms with van der Waals surface area (Å²) in [7, 11) is 0. The Kier molecular flexibility index (Phi) is 8.84. The van der Waals surface area contributed by atoms with E-state index in [0.717, 1.165) is 55.7 Å². The second-order valence-electron chi connectivity index (χ2n) is 18.3. The van der Waals surface area contributed by atoms with Crippen molar-refractivity contribution in [1.29, 1.82) is 0 Å². The zero-order valence-corrected chi connectivity index (χ0v) is 37.7. The van der Waals surface area contributed by atoms with Crippen LogP contribution in [0.2, 0.25) is 0 Å². The van der Waals surface area contributed by atoms with Gasteiger partial charge in [-0.15, -0.1) is 0 Å². The SMILES string of the molecule is c1ccc(-c2ccc(N(c3ccc(-c4ccc5oc6ccccc6c5c4)cc3)c3cccc(-c4cccc5c4-c4ccccc4C54c5ccccc5-c5ccccc5-c5ccccc54)c3)cc2)cc1. The predicted molar refractivity (Wildman–Crippen MR) is 286 cm³/mol. The van der Waals surface area contributed by atoms with Crippen LogP contribution in [0.1, 0.15) is 22.3 Å². The quantitative estimate of drug-likeness (QED) is 0.165. The molecule has 1 spiro atoms. The van der Waals surface area contributed by atoms with Crippen LogP contribution in [0, 0.1) is 0 Å². The largest absolute Gasteiger partial charge is 0.456 e. The number of hydrogen-bond donors (Lipinski definition) is 0. The van der Waals surface area contributed by atoms with Crippen LogP contribution in [-0.4, -0.2) is 0 Å². The van der Waals surface area contributed by atoms with Gasteiger partial charge in [0.1, 0.15) is 11.2 Å². The molecule has 0 amide bonds. The molecular weight excluding hydrogens is 835 g/mol. The Bertz CT molecular complexity index is 3890. The molecule has 0 fully saturated rings. The first-order chi connectivity index (χ1) is 34.2. The van der Waals surface area contributed by atoms with Crippen molar-refractivity contribution in [2.24, 2.45) is 0 Å². The van der Waals surface area contributed by atoms with Crippen LogP contribution in [0.3, 0.4) is 0 Å². The fraction of sp³-hybridized carbons (Fsp3) is 0.0149. The topological polar surface area (TPSA) is 16.4 Å². The number of para-hydroxylation sites is 1. The molecule has 1 aromatic heterocycles. The number of hydrogen-bond acceptors (Lipinski definition) is 2. The molecule has 322 valence electrons. The maximum absolute atomic E-state index is 6.18. The fourth-order valence-corrected chi connectivity index (χ4v) is 11.7. The Morgan fingerprint density at radius 1 is 0.261 bits per heavy atom. The Balaban J connectivity index is 0.934. The summed E-state index contributed by atoms with van der Waals surface area (Å²) in [6.45, 7) is 0. The summed E-state index contributed by atoms with van der Waals surface area (Å²) in [6.07, 6.45) is 0. The minimum Gasteiger partial charge on any atom is -0.456 e. The van der Waals surface area contributed by atoms with E-state index in [4.69, 9.17) is 4.42 Å². The van der Waals surface area contributed by atoms with Gasteiger partial charge in [-0.1, -0.05) is 206 Å². The average Bonchev–Trinajstić information content (AvgIpc) is 3.92. The van der Waals surface area contributed by atoms with Gasteiger partial charge in [0.05, 0.1) is 5.41 Å². The lowest BCUT2D eigenvalue weighted by atomic mass is 9.66. The molecule has 0 saturated heterocycles. The number of nitrogens with zero attached hydrogens (tertiary/aromatic N) is 1. The van der Waals surface area contributed by atoms with Crippen molar-refractivity contribution in [1.82, 2.24) is 0 Å². The van der Waals surface area contributed by atoms with Crippen molar-refractivity contribution >= 4 is 39.0 Å². The maximum Gasteiger partial charge on any atom is 0.135 e. The third kappa shape index (κ3) is 5.99. The maximum atomic E-state index is 6.18. The molecule has 0 bridgehead atoms. The average molecular weight is 878 g/mol. The van der Waals surface area contributed by atoms with Gasteiger partial charge in [-0.3, -0.25) is 0 Å². The summed E-state index contributed by atoms with van der Waals surface area (Å²) < 4.78 is 6.18. The predicted octanol–water partition coefficient (Wildman–Crippen LogP) is 18.1. The molecule has 11 aromatic carbocycles. The third-order valence-corrected chi connectivity index (χ3v) is 14.7. The molecule has 2 heteroatoms. The molecule has 2 aliphatic rings. The second kappa shape index (κ2) is 15.6. The minimum atomic E-state index is -0.546. The van der Waals surface area contributed by atoms with Crippen LogP contribution >= 0.6 is 0 Å². The van der Waals surface area contributed by atoms with Crippen LogP contribution in [0.5, 0.6) is 0 Å². The van der Waals surface area contributed by atoms with Gasteiger partial charge in [0.15, 0.2) is 0 Å². The number of benzene rings is 11. The van der Waals surface area contributed by atoms with Crippen LogP contribution < -0.4 is 4.90 Å². The molecule has 0 atom stereocenters. The zero-order chi connectivity index (χ0) is 45.5. The Morgan fingerprint density at radius 3 is 1.41 bits per heavy atom. The highest BCUT2D eigenvalue weighted by Gasteiger charge is 2.50. The second-order valence-corrected chi connectivity index (χ2v) is 18.3. The molecule has 0 N–H and O–H groups in total. The van der Waals surface area contributed by atoms with Crippen LogP contribution in [0.25, 0.3) is 88.7 Å². The van der Waals surface area contributed by atoms with E-state index in [2.05, 4.69) is 254 Å². The number of rotatable bonds is 6. The third-order valence-electron chi connectivity index (χ3n) is 14.7.